The van der Waals surface area contributed by atoms with Crippen molar-refractivity contribution in [2.75, 3.05) is 11.1 Å². The lowest BCUT2D eigenvalue weighted by Crippen LogP contribution is -2.40. The van der Waals surface area contributed by atoms with Crippen LogP contribution in [-0.2, 0) is 4.79 Å². The molecule has 2 atom stereocenters. The number of anilines is 2. The van der Waals surface area contributed by atoms with E-state index in [-0.39, 0.29) is 11.8 Å². The van der Waals surface area contributed by atoms with Crippen molar-refractivity contribution in [2.45, 2.75) is 26.3 Å². The average Bonchev–Trinajstić information content (AvgIpc) is 2.27. The maximum atomic E-state index is 11.7. The van der Waals surface area contributed by atoms with Gasteiger partial charge in [0.1, 0.15) is 0 Å². The highest BCUT2D eigenvalue weighted by Crippen LogP contribution is 2.13. The smallest absolute Gasteiger partial charge is 0.241 e. The average molecular weight is 221 g/mol. The van der Waals surface area contributed by atoms with Crippen LogP contribution in [0.3, 0.4) is 0 Å². The molecule has 0 radical (unpaired) electrons. The topological polar surface area (TPSA) is 81.1 Å². The summed E-state index contributed by atoms with van der Waals surface area (Å²) < 4.78 is 0. The second-order valence-corrected chi connectivity index (χ2v) is 4.03. The van der Waals surface area contributed by atoms with Gasteiger partial charge in [0, 0.05) is 11.4 Å². The molecule has 4 nitrogen and oxygen atoms in total. The first-order chi connectivity index (χ1) is 7.54. The Bertz CT molecular complexity index is 365. The highest BCUT2D eigenvalue weighted by Gasteiger charge is 2.19. The molecule has 5 N–H and O–H groups in total. The first-order valence-corrected chi connectivity index (χ1v) is 5.46. The van der Waals surface area contributed by atoms with E-state index in [4.69, 9.17) is 11.5 Å². The van der Waals surface area contributed by atoms with Crippen LogP contribution in [0, 0.1) is 5.92 Å². The van der Waals surface area contributed by atoms with Crippen molar-refractivity contribution in [2.24, 2.45) is 11.7 Å². The summed E-state index contributed by atoms with van der Waals surface area (Å²) in [4.78, 5) is 11.7. The summed E-state index contributed by atoms with van der Waals surface area (Å²) in [7, 11) is 0. The zero-order valence-corrected chi connectivity index (χ0v) is 9.73. The van der Waals surface area contributed by atoms with Crippen molar-refractivity contribution in [3.8, 4) is 0 Å². The highest BCUT2D eigenvalue weighted by atomic mass is 16.2. The fourth-order valence-electron chi connectivity index (χ4n) is 1.35. The molecule has 1 amide bonds. The van der Waals surface area contributed by atoms with Gasteiger partial charge in [-0.3, -0.25) is 4.79 Å². The molecule has 16 heavy (non-hydrogen) atoms. The third-order valence-electron chi connectivity index (χ3n) is 2.71. The summed E-state index contributed by atoms with van der Waals surface area (Å²) in [6, 6.07) is 6.58. The molecular weight excluding hydrogens is 202 g/mol. The Morgan fingerprint density at radius 2 is 2.19 bits per heavy atom. The second-order valence-electron chi connectivity index (χ2n) is 4.03. The van der Waals surface area contributed by atoms with Crippen LogP contribution in [0.1, 0.15) is 20.3 Å². The summed E-state index contributed by atoms with van der Waals surface area (Å²) in [5, 5.41) is 2.75. The minimum Gasteiger partial charge on any atom is -0.399 e. The van der Waals surface area contributed by atoms with Gasteiger partial charge < -0.3 is 16.8 Å². The summed E-state index contributed by atoms with van der Waals surface area (Å²) in [6.45, 7) is 3.97. The summed E-state index contributed by atoms with van der Waals surface area (Å²) in [5.41, 5.74) is 12.7. The van der Waals surface area contributed by atoms with Gasteiger partial charge >= 0.3 is 0 Å². The maximum absolute atomic E-state index is 11.7. The first kappa shape index (κ1) is 12.5. The fourth-order valence-corrected chi connectivity index (χ4v) is 1.35. The Balaban J connectivity index is 2.64. The van der Waals surface area contributed by atoms with E-state index in [0.717, 1.165) is 6.42 Å². The number of nitrogen functional groups attached to an aromatic ring is 1. The molecule has 1 rings (SSSR count). The summed E-state index contributed by atoms with van der Waals surface area (Å²) in [5.74, 6) is 0.000934. The number of nitrogens with two attached hydrogens (primary N) is 2. The SMILES string of the molecule is CCC(C)[C@H](N)C(=O)Nc1cccc(N)c1. The van der Waals surface area contributed by atoms with Crippen molar-refractivity contribution >= 4 is 17.3 Å². The number of carbonyl (C=O) groups is 1. The van der Waals surface area contributed by atoms with E-state index in [1.807, 2.05) is 13.8 Å². The molecule has 0 saturated carbocycles. The van der Waals surface area contributed by atoms with Crippen molar-refractivity contribution in [3.63, 3.8) is 0 Å². The van der Waals surface area contributed by atoms with Crippen molar-refractivity contribution in [1.29, 1.82) is 0 Å². The summed E-state index contributed by atoms with van der Waals surface area (Å²) >= 11 is 0. The molecule has 1 aromatic rings. The van der Waals surface area contributed by atoms with Gasteiger partial charge in [0.25, 0.3) is 0 Å². The monoisotopic (exact) mass is 221 g/mol. The molecule has 0 bridgehead atoms. The standard InChI is InChI=1S/C12H19N3O/c1-3-8(2)11(14)12(16)15-10-6-4-5-9(13)7-10/h4-8,11H,3,13-14H2,1-2H3,(H,15,16)/t8?,11-/m0/s1. The van der Waals surface area contributed by atoms with Crippen LogP contribution in [0.2, 0.25) is 0 Å². The number of amides is 1. The number of rotatable bonds is 4. The van der Waals surface area contributed by atoms with Gasteiger partial charge in [0.05, 0.1) is 6.04 Å². The van der Waals surface area contributed by atoms with Gasteiger partial charge in [-0.15, -0.1) is 0 Å². The molecule has 4 heteroatoms. The van der Waals surface area contributed by atoms with E-state index in [1.165, 1.54) is 0 Å². The Labute approximate surface area is 96.0 Å². The van der Waals surface area contributed by atoms with Crippen LogP contribution in [0.15, 0.2) is 24.3 Å². The third kappa shape index (κ3) is 3.24. The summed E-state index contributed by atoms with van der Waals surface area (Å²) in [6.07, 6.45) is 0.880. The van der Waals surface area contributed by atoms with Crippen LogP contribution in [0.25, 0.3) is 0 Å². The lowest BCUT2D eigenvalue weighted by atomic mass is 9.99. The molecule has 0 aromatic heterocycles. The molecule has 0 heterocycles. The van der Waals surface area contributed by atoms with Gasteiger partial charge in [-0.2, -0.15) is 0 Å². The number of hydrogen-bond donors (Lipinski definition) is 3. The van der Waals surface area contributed by atoms with Crippen LogP contribution in [0.4, 0.5) is 11.4 Å². The van der Waals surface area contributed by atoms with E-state index >= 15 is 0 Å². The van der Waals surface area contributed by atoms with Gasteiger partial charge in [0.2, 0.25) is 5.91 Å². The van der Waals surface area contributed by atoms with E-state index in [0.29, 0.717) is 11.4 Å². The van der Waals surface area contributed by atoms with Crippen LogP contribution in [-0.4, -0.2) is 11.9 Å². The van der Waals surface area contributed by atoms with E-state index in [9.17, 15) is 4.79 Å². The molecule has 1 unspecified atom stereocenters. The van der Waals surface area contributed by atoms with Gasteiger partial charge in [-0.1, -0.05) is 26.3 Å². The lowest BCUT2D eigenvalue weighted by molar-refractivity contribution is -0.118. The molecule has 0 aliphatic heterocycles. The second kappa shape index (κ2) is 5.51. The van der Waals surface area contributed by atoms with E-state index in [2.05, 4.69) is 5.32 Å². The zero-order valence-electron chi connectivity index (χ0n) is 9.73. The minimum atomic E-state index is -0.480. The van der Waals surface area contributed by atoms with Crippen LogP contribution >= 0.6 is 0 Å². The predicted molar refractivity (Wildman–Crippen MR) is 66.9 cm³/mol. The normalized spacial score (nSPS) is 14.2. The first-order valence-electron chi connectivity index (χ1n) is 5.46. The molecular formula is C12H19N3O. The van der Waals surface area contributed by atoms with Crippen molar-refractivity contribution in [1.82, 2.24) is 0 Å². The van der Waals surface area contributed by atoms with Crippen molar-refractivity contribution < 1.29 is 4.79 Å². The largest absolute Gasteiger partial charge is 0.399 e. The third-order valence-corrected chi connectivity index (χ3v) is 2.71. The number of nitrogens with one attached hydrogen (secondary N) is 1. The minimum absolute atomic E-state index is 0.167. The van der Waals surface area contributed by atoms with Crippen molar-refractivity contribution in [3.05, 3.63) is 24.3 Å². The van der Waals surface area contributed by atoms with E-state index < -0.39 is 6.04 Å². The quantitative estimate of drug-likeness (QED) is 0.675. The van der Waals surface area contributed by atoms with Gasteiger partial charge in [0.15, 0.2) is 0 Å². The highest BCUT2D eigenvalue weighted by molar-refractivity contribution is 5.95. The fraction of sp³-hybridized carbons (Fsp3) is 0.417. The Kier molecular flexibility index (Phi) is 4.31. The van der Waals surface area contributed by atoms with E-state index in [1.54, 1.807) is 24.3 Å². The molecule has 0 fully saturated rings. The molecule has 0 spiro atoms. The Morgan fingerprint density at radius 3 is 2.75 bits per heavy atom. The number of benzene rings is 1. The predicted octanol–water partition coefficient (Wildman–Crippen LogP) is 1.58. The number of carbonyl (C=O) groups excluding carboxylic acids is 1. The lowest BCUT2D eigenvalue weighted by Gasteiger charge is -2.17. The number of hydrogen-bond acceptors (Lipinski definition) is 3. The molecule has 0 saturated heterocycles. The molecule has 0 aliphatic carbocycles. The van der Waals surface area contributed by atoms with Crippen LogP contribution in [0.5, 0.6) is 0 Å². The van der Waals surface area contributed by atoms with Gasteiger partial charge in [-0.05, 0) is 24.1 Å². The molecule has 1 aromatic carbocycles. The maximum Gasteiger partial charge on any atom is 0.241 e. The molecule has 88 valence electrons. The Hall–Kier alpha value is -1.55. The van der Waals surface area contributed by atoms with Gasteiger partial charge in [-0.25, -0.2) is 0 Å². The molecule has 0 aliphatic rings. The Morgan fingerprint density at radius 1 is 1.50 bits per heavy atom. The zero-order chi connectivity index (χ0) is 12.1. The van der Waals surface area contributed by atoms with Crippen LogP contribution < -0.4 is 16.8 Å².